The van der Waals surface area contributed by atoms with E-state index >= 15 is 0 Å². The predicted molar refractivity (Wildman–Crippen MR) is 91.6 cm³/mol. The lowest BCUT2D eigenvalue weighted by Gasteiger charge is -2.30. The first-order valence-electron chi connectivity index (χ1n) is 7.46. The molecule has 2 aromatic rings. The zero-order valence-electron chi connectivity index (χ0n) is 13.3. The molecule has 0 unspecified atom stereocenters. The van der Waals surface area contributed by atoms with E-state index in [2.05, 4.69) is 18.9 Å². The minimum atomic E-state index is -0.231. The first-order chi connectivity index (χ1) is 10.4. The van der Waals surface area contributed by atoms with Crippen molar-refractivity contribution in [2.75, 3.05) is 5.75 Å². The van der Waals surface area contributed by atoms with E-state index < -0.39 is 0 Å². The van der Waals surface area contributed by atoms with Crippen molar-refractivity contribution in [1.82, 2.24) is 9.78 Å². The molecule has 3 heterocycles. The van der Waals surface area contributed by atoms with Crippen molar-refractivity contribution in [3.63, 3.8) is 0 Å². The molecule has 4 nitrogen and oxygen atoms in total. The monoisotopic (exact) mass is 336 g/mol. The highest BCUT2D eigenvalue weighted by atomic mass is 32.2. The van der Waals surface area contributed by atoms with E-state index in [0.29, 0.717) is 11.4 Å². The smallest absolute Gasteiger partial charge is 0.277 e. The van der Waals surface area contributed by atoms with Gasteiger partial charge in [-0.2, -0.15) is 0 Å². The van der Waals surface area contributed by atoms with Crippen molar-refractivity contribution in [2.24, 2.45) is 0 Å². The minimum Gasteiger partial charge on any atom is -0.302 e. The Kier molecular flexibility index (Phi) is 3.85. The quantitative estimate of drug-likeness (QED) is 0.872. The van der Waals surface area contributed by atoms with Gasteiger partial charge in [0.15, 0.2) is 0 Å². The summed E-state index contributed by atoms with van der Waals surface area (Å²) in [5.41, 5.74) is 2.45. The number of rotatable bonds is 3. The molecule has 1 aliphatic heterocycles. The van der Waals surface area contributed by atoms with Gasteiger partial charge in [0, 0.05) is 12.7 Å². The molecule has 1 aliphatic rings. The summed E-state index contributed by atoms with van der Waals surface area (Å²) in [5.74, 6) is 0.933. The van der Waals surface area contributed by atoms with E-state index in [4.69, 9.17) is 0 Å². The summed E-state index contributed by atoms with van der Waals surface area (Å²) in [6, 6.07) is 0. The molecule has 0 bridgehead atoms. The highest BCUT2D eigenvalue weighted by Gasteiger charge is 2.34. The first kappa shape index (κ1) is 15.6. The second-order valence-electron chi connectivity index (χ2n) is 6.27. The number of aryl methyl sites for hydroxylation is 1. The van der Waals surface area contributed by atoms with E-state index in [9.17, 15) is 9.59 Å². The zero-order valence-corrected chi connectivity index (χ0v) is 14.9. The summed E-state index contributed by atoms with van der Waals surface area (Å²) in [4.78, 5) is 25.7. The third-order valence-corrected chi connectivity index (χ3v) is 6.92. The molecule has 3 rings (SSSR count). The number of H-pyrrole nitrogens is 1. The van der Waals surface area contributed by atoms with Crippen LogP contribution in [0.3, 0.4) is 0 Å². The lowest BCUT2D eigenvalue weighted by atomic mass is 9.81. The van der Waals surface area contributed by atoms with E-state index in [0.717, 1.165) is 17.7 Å². The molecule has 0 atom stereocenters. The number of fused-ring (bicyclic) bond motifs is 1. The number of carbonyl (C=O) groups is 1. The summed E-state index contributed by atoms with van der Waals surface area (Å²) < 4.78 is 2.69. The van der Waals surface area contributed by atoms with Crippen LogP contribution >= 0.6 is 23.1 Å². The first-order valence-corrected chi connectivity index (χ1v) is 9.26. The molecule has 22 heavy (non-hydrogen) atoms. The van der Waals surface area contributed by atoms with Gasteiger partial charge < -0.3 is 5.10 Å². The number of ketones is 1. The molecule has 0 saturated heterocycles. The fraction of sp³-hybridized carbons (Fsp3) is 0.500. The van der Waals surface area contributed by atoms with Gasteiger partial charge in [-0.05, 0) is 42.6 Å². The van der Waals surface area contributed by atoms with E-state index in [1.54, 1.807) is 11.3 Å². The molecule has 0 amide bonds. The molecule has 0 radical (unpaired) electrons. The molecule has 118 valence electrons. The fourth-order valence-electron chi connectivity index (χ4n) is 3.04. The van der Waals surface area contributed by atoms with Gasteiger partial charge in [-0.1, -0.05) is 13.8 Å². The largest absolute Gasteiger partial charge is 0.302 e. The van der Waals surface area contributed by atoms with Crippen molar-refractivity contribution < 1.29 is 4.79 Å². The summed E-state index contributed by atoms with van der Waals surface area (Å²) in [7, 11) is 0. The maximum atomic E-state index is 12.8. The van der Waals surface area contributed by atoms with Crippen LogP contribution in [0.5, 0.6) is 0 Å². The number of hydrogen-bond acceptors (Lipinski definition) is 4. The third-order valence-electron chi connectivity index (χ3n) is 4.36. The predicted octanol–water partition coefficient (Wildman–Crippen LogP) is 3.57. The average molecular weight is 336 g/mol. The summed E-state index contributed by atoms with van der Waals surface area (Å²) in [6.45, 7) is 8.90. The molecule has 0 fully saturated rings. The SMILES string of the molecule is CCn1[nH]cc(C(=O)c2sc3c(c2C)C(C)(C)CCS3)c1=O. The van der Waals surface area contributed by atoms with Crippen LogP contribution in [0, 0.1) is 6.92 Å². The van der Waals surface area contributed by atoms with Gasteiger partial charge >= 0.3 is 0 Å². The van der Waals surface area contributed by atoms with E-state index in [1.807, 2.05) is 25.6 Å². The van der Waals surface area contributed by atoms with Gasteiger partial charge in [-0.15, -0.1) is 23.1 Å². The molecular weight excluding hydrogens is 316 g/mol. The van der Waals surface area contributed by atoms with Crippen molar-refractivity contribution in [1.29, 1.82) is 0 Å². The van der Waals surface area contributed by atoms with E-state index in [-0.39, 0.29) is 22.3 Å². The maximum Gasteiger partial charge on any atom is 0.277 e. The van der Waals surface area contributed by atoms with Crippen LogP contribution < -0.4 is 5.56 Å². The lowest BCUT2D eigenvalue weighted by molar-refractivity contribution is 0.104. The number of thioether (sulfide) groups is 1. The molecular formula is C16H20N2O2S2. The molecule has 6 heteroatoms. The molecule has 2 aromatic heterocycles. The summed E-state index contributed by atoms with van der Waals surface area (Å²) in [6.07, 6.45) is 2.65. The normalized spacial score (nSPS) is 16.5. The Morgan fingerprint density at radius 2 is 2.18 bits per heavy atom. The average Bonchev–Trinajstić information content (AvgIpc) is 2.99. The number of aromatic nitrogens is 2. The number of thiophene rings is 1. The van der Waals surface area contributed by atoms with E-state index in [1.165, 1.54) is 20.7 Å². The highest BCUT2D eigenvalue weighted by molar-refractivity contribution is 8.01. The van der Waals surface area contributed by atoms with Crippen LogP contribution in [0.2, 0.25) is 0 Å². The Morgan fingerprint density at radius 1 is 1.45 bits per heavy atom. The maximum absolute atomic E-state index is 12.8. The van der Waals surface area contributed by atoms with Crippen molar-refractivity contribution >= 4 is 28.9 Å². The van der Waals surface area contributed by atoms with Gasteiger partial charge in [-0.25, -0.2) is 0 Å². The highest BCUT2D eigenvalue weighted by Crippen LogP contribution is 2.48. The van der Waals surface area contributed by atoms with Crippen LogP contribution in [0.15, 0.2) is 15.2 Å². The Hall–Kier alpha value is -1.27. The Balaban J connectivity index is 2.10. The van der Waals surface area contributed by atoms with Crippen LogP contribution in [-0.2, 0) is 12.0 Å². The number of nitrogens with one attached hydrogen (secondary N) is 1. The molecule has 0 aromatic carbocycles. The molecule has 0 aliphatic carbocycles. The summed E-state index contributed by atoms with van der Waals surface area (Å²) >= 11 is 3.37. The number of aromatic amines is 1. The van der Waals surface area contributed by atoms with Crippen LogP contribution in [0.1, 0.15) is 53.6 Å². The van der Waals surface area contributed by atoms with Crippen molar-refractivity contribution in [3.8, 4) is 0 Å². The Morgan fingerprint density at radius 3 is 2.77 bits per heavy atom. The number of carbonyl (C=O) groups excluding carboxylic acids is 1. The van der Waals surface area contributed by atoms with Gasteiger partial charge in [-0.3, -0.25) is 14.3 Å². The standard InChI is InChI=1S/C16H20N2O2S2/c1-5-18-14(20)10(8-17-18)12(19)13-9(2)11-15(22-13)21-7-6-16(11,3)4/h8,17H,5-7H2,1-4H3. The fourth-order valence-corrected chi connectivity index (χ4v) is 6.32. The van der Waals surface area contributed by atoms with Gasteiger partial charge in [0.05, 0.1) is 9.09 Å². The van der Waals surface area contributed by atoms with Gasteiger partial charge in [0.1, 0.15) is 5.56 Å². The van der Waals surface area contributed by atoms with Gasteiger partial charge in [0.2, 0.25) is 5.78 Å². The number of hydrogen-bond donors (Lipinski definition) is 1. The van der Waals surface area contributed by atoms with Crippen LogP contribution in [-0.4, -0.2) is 21.3 Å². The van der Waals surface area contributed by atoms with Crippen LogP contribution in [0.25, 0.3) is 0 Å². The number of nitrogens with zero attached hydrogens (tertiary/aromatic N) is 1. The zero-order chi connectivity index (χ0) is 16.1. The molecule has 0 spiro atoms. The molecule has 0 saturated carbocycles. The second-order valence-corrected chi connectivity index (χ2v) is 8.65. The summed E-state index contributed by atoms with van der Waals surface area (Å²) in [5, 5.41) is 2.85. The second kappa shape index (κ2) is 5.42. The molecule has 1 N–H and O–H groups in total. The lowest BCUT2D eigenvalue weighted by Crippen LogP contribution is -2.23. The minimum absolute atomic E-state index is 0.0987. The Bertz CT molecular complexity index is 796. The van der Waals surface area contributed by atoms with Gasteiger partial charge in [0.25, 0.3) is 5.56 Å². The topological polar surface area (TPSA) is 54.9 Å². The Labute approximate surface area is 137 Å². The van der Waals surface area contributed by atoms with Crippen molar-refractivity contribution in [3.05, 3.63) is 38.1 Å². The van der Waals surface area contributed by atoms with Crippen LogP contribution in [0.4, 0.5) is 0 Å². The van der Waals surface area contributed by atoms with Crippen molar-refractivity contribution in [2.45, 2.75) is 50.3 Å². The third kappa shape index (κ3) is 2.29.